The number of hydrogen-bond donors (Lipinski definition) is 2. The second-order valence-corrected chi connectivity index (χ2v) is 4.94. The van der Waals surface area contributed by atoms with Gasteiger partial charge in [-0.25, -0.2) is 0 Å². The predicted octanol–water partition coefficient (Wildman–Crippen LogP) is -0.428. The molecule has 0 aromatic carbocycles. The molecule has 2 fully saturated rings. The summed E-state index contributed by atoms with van der Waals surface area (Å²) in [6.07, 6.45) is 0.706. The lowest BCUT2D eigenvalue weighted by Crippen LogP contribution is -2.55. The summed E-state index contributed by atoms with van der Waals surface area (Å²) < 4.78 is 10.6. The molecule has 2 heterocycles. The van der Waals surface area contributed by atoms with Crippen molar-refractivity contribution in [3.8, 4) is 0 Å². The molecule has 3 rings (SSSR count). The fourth-order valence-electron chi connectivity index (χ4n) is 3.17. The van der Waals surface area contributed by atoms with Gasteiger partial charge in [-0.15, -0.1) is 0 Å². The van der Waals surface area contributed by atoms with E-state index in [1.807, 2.05) is 6.92 Å². The van der Waals surface area contributed by atoms with Gasteiger partial charge < -0.3 is 19.7 Å². The van der Waals surface area contributed by atoms with Crippen molar-refractivity contribution in [1.82, 2.24) is 0 Å². The van der Waals surface area contributed by atoms with E-state index in [-0.39, 0.29) is 5.92 Å². The molecular weight excluding hydrogens is 212 g/mol. The van der Waals surface area contributed by atoms with Crippen LogP contribution in [-0.4, -0.2) is 40.3 Å². The monoisotopic (exact) mass is 226 g/mol. The first-order valence-corrected chi connectivity index (χ1v) is 5.38. The highest BCUT2D eigenvalue weighted by atomic mass is 16.8. The van der Waals surface area contributed by atoms with Crippen molar-refractivity contribution < 1.29 is 24.5 Å². The lowest BCUT2D eigenvalue weighted by atomic mass is 9.65. The molecule has 2 N–H and O–H groups in total. The van der Waals surface area contributed by atoms with E-state index in [0.717, 1.165) is 0 Å². The predicted molar refractivity (Wildman–Crippen MR) is 52.1 cm³/mol. The van der Waals surface area contributed by atoms with Crippen molar-refractivity contribution in [3.63, 3.8) is 0 Å². The molecule has 16 heavy (non-hydrogen) atoms. The van der Waals surface area contributed by atoms with Crippen molar-refractivity contribution in [2.45, 2.75) is 37.9 Å². The number of esters is 1. The molecule has 6 atom stereocenters. The Morgan fingerprint density at radius 3 is 2.62 bits per heavy atom. The Morgan fingerprint density at radius 2 is 2.06 bits per heavy atom. The Hall–Kier alpha value is -0.910. The molecule has 0 radical (unpaired) electrons. The molecule has 2 aliphatic heterocycles. The van der Waals surface area contributed by atoms with Crippen molar-refractivity contribution in [2.75, 3.05) is 0 Å². The van der Waals surface area contributed by atoms with Crippen LogP contribution in [0, 0.1) is 11.3 Å². The lowest BCUT2D eigenvalue weighted by molar-refractivity contribution is -0.253. The van der Waals surface area contributed by atoms with E-state index in [1.54, 1.807) is 12.2 Å². The second-order valence-electron chi connectivity index (χ2n) is 4.94. The number of aliphatic hydroxyl groups excluding tert-OH is 2. The quantitative estimate of drug-likeness (QED) is 0.433. The van der Waals surface area contributed by atoms with Crippen molar-refractivity contribution >= 4 is 5.97 Å². The number of ether oxygens (including phenoxy) is 2. The van der Waals surface area contributed by atoms with Crippen LogP contribution in [0.15, 0.2) is 12.2 Å². The SMILES string of the molecule is C[C@@H]1C=C[C@H](O)[C@H]2O[C@@]3(C)OC(=O)[C@@]12[C@@H]3O. The molecule has 88 valence electrons. The first kappa shape index (κ1) is 10.3. The van der Waals surface area contributed by atoms with Crippen molar-refractivity contribution in [1.29, 1.82) is 0 Å². The zero-order valence-corrected chi connectivity index (χ0v) is 9.08. The standard InChI is InChI=1S/C11H14O5/c1-5-3-4-6(12)7-11(5)8(13)10(2,15-7)16-9(11)14/h3-8,12-13H,1-2H3/t5-,6+,7-,8-,10+,11+/m1/s1. The van der Waals surface area contributed by atoms with E-state index < -0.39 is 35.5 Å². The van der Waals surface area contributed by atoms with Gasteiger partial charge in [0.2, 0.25) is 5.79 Å². The van der Waals surface area contributed by atoms with Gasteiger partial charge in [0.05, 0.1) is 6.10 Å². The summed E-state index contributed by atoms with van der Waals surface area (Å²) in [4.78, 5) is 12.0. The first-order valence-electron chi connectivity index (χ1n) is 5.38. The average molecular weight is 226 g/mol. The number of carbonyl (C=O) groups is 1. The molecule has 1 aliphatic carbocycles. The van der Waals surface area contributed by atoms with Crippen molar-refractivity contribution in [2.24, 2.45) is 11.3 Å². The summed E-state index contributed by atoms with van der Waals surface area (Å²) in [7, 11) is 0. The summed E-state index contributed by atoms with van der Waals surface area (Å²) in [5, 5.41) is 20.0. The molecule has 2 bridgehead atoms. The summed E-state index contributed by atoms with van der Waals surface area (Å²) in [6.45, 7) is 3.35. The normalized spacial score (nSPS) is 58.6. The minimum atomic E-state index is -1.32. The van der Waals surface area contributed by atoms with E-state index in [1.165, 1.54) is 6.92 Å². The van der Waals surface area contributed by atoms with Gasteiger partial charge in [0.15, 0.2) is 0 Å². The maximum Gasteiger partial charge on any atom is 0.320 e. The van der Waals surface area contributed by atoms with Crippen LogP contribution in [0.3, 0.4) is 0 Å². The molecule has 2 saturated heterocycles. The van der Waals surface area contributed by atoms with Gasteiger partial charge in [-0.3, -0.25) is 4.79 Å². The minimum absolute atomic E-state index is 0.215. The molecule has 0 aromatic rings. The second kappa shape index (κ2) is 2.67. The molecular formula is C11H14O5. The van der Waals surface area contributed by atoms with Crippen LogP contribution in [0.5, 0.6) is 0 Å². The fourth-order valence-corrected chi connectivity index (χ4v) is 3.17. The fraction of sp³-hybridized carbons (Fsp3) is 0.727. The zero-order valence-electron chi connectivity index (χ0n) is 9.08. The molecule has 3 aliphatic rings. The summed E-state index contributed by atoms with van der Waals surface area (Å²) in [6, 6.07) is 0. The number of allylic oxidation sites excluding steroid dienone is 1. The maximum atomic E-state index is 12.0. The third-order valence-electron chi connectivity index (χ3n) is 4.09. The number of rotatable bonds is 0. The van der Waals surface area contributed by atoms with E-state index >= 15 is 0 Å². The molecule has 5 heteroatoms. The highest BCUT2D eigenvalue weighted by Crippen LogP contribution is 2.59. The Morgan fingerprint density at radius 1 is 1.38 bits per heavy atom. The van der Waals surface area contributed by atoms with Crippen LogP contribution in [0.2, 0.25) is 0 Å². The summed E-state index contributed by atoms with van der Waals surface area (Å²) in [5.74, 6) is -2.01. The smallest absolute Gasteiger partial charge is 0.320 e. The number of carbonyl (C=O) groups excluding carboxylic acids is 1. The molecule has 0 unspecified atom stereocenters. The molecule has 0 saturated carbocycles. The highest BCUT2D eigenvalue weighted by molar-refractivity contribution is 5.84. The Bertz CT molecular complexity index is 392. The third kappa shape index (κ3) is 0.827. The van der Waals surface area contributed by atoms with Gasteiger partial charge in [0, 0.05) is 6.92 Å². The van der Waals surface area contributed by atoms with Crippen LogP contribution in [0.25, 0.3) is 0 Å². The van der Waals surface area contributed by atoms with Gasteiger partial charge >= 0.3 is 5.97 Å². The van der Waals surface area contributed by atoms with Gasteiger partial charge in [0.25, 0.3) is 0 Å². The molecule has 0 aromatic heterocycles. The molecule has 1 spiro atoms. The van der Waals surface area contributed by atoms with Crippen molar-refractivity contribution in [3.05, 3.63) is 12.2 Å². The van der Waals surface area contributed by atoms with Gasteiger partial charge in [-0.2, -0.15) is 0 Å². The van der Waals surface area contributed by atoms with Crippen LogP contribution < -0.4 is 0 Å². The Balaban J connectivity index is 2.19. The number of aliphatic hydroxyl groups is 2. The van der Waals surface area contributed by atoms with Crippen LogP contribution >= 0.6 is 0 Å². The van der Waals surface area contributed by atoms with Gasteiger partial charge in [-0.1, -0.05) is 19.1 Å². The van der Waals surface area contributed by atoms with Crippen LogP contribution in [0.4, 0.5) is 0 Å². The Labute approximate surface area is 92.7 Å². The number of hydrogen-bond acceptors (Lipinski definition) is 5. The van der Waals surface area contributed by atoms with E-state index in [4.69, 9.17) is 9.47 Å². The van der Waals surface area contributed by atoms with Crippen LogP contribution in [0.1, 0.15) is 13.8 Å². The van der Waals surface area contributed by atoms with Gasteiger partial charge in [0.1, 0.15) is 17.6 Å². The maximum absolute atomic E-state index is 12.0. The minimum Gasteiger partial charge on any atom is -0.430 e. The van der Waals surface area contributed by atoms with E-state index in [2.05, 4.69) is 0 Å². The van der Waals surface area contributed by atoms with E-state index in [9.17, 15) is 15.0 Å². The average Bonchev–Trinajstić information content (AvgIpc) is 2.55. The first-order chi connectivity index (χ1) is 7.43. The lowest BCUT2D eigenvalue weighted by Gasteiger charge is -2.40. The number of fused-ring (bicyclic) bond motifs is 1. The Kier molecular flexibility index (Phi) is 1.71. The van der Waals surface area contributed by atoms with Crippen LogP contribution in [-0.2, 0) is 14.3 Å². The topological polar surface area (TPSA) is 76.0 Å². The van der Waals surface area contributed by atoms with E-state index in [0.29, 0.717) is 0 Å². The summed E-state index contributed by atoms with van der Waals surface area (Å²) in [5.41, 5.74) is -1.15. The molecule has 5 nitrogen and oxygen atoms in total. The zero-order chi connectivity index (χ0) is 11.7. The molecule has 0 amide bonds. The summed E-state index contributed by atoms with van der Waals surface area (Å²) >= 11 is 0. The largest absolute Gasteiger partial charge is 0.430 e. The highest BCUT2D eigenvalue weighted by Gasteiger charge is 2.77. The van der Waals surface area contributed by atoms with Gasteiger partial charge in [-0.05, 0) is 5.92 Å². The third-order valence-corrected chi connectivity index (χ3v) is 4.09.